The molecule has 0 saturated carbocycles. The second kappa shape index (κ2) is 4.27. The third-order valence-electron chi connectivity index (χ3n) is 1.53. The van der Waals surface area contributed by atoms with Crippen LogP contribution in [-0.2, 0) is 9.53 Å². The fraction of sp³-hybridized carbons (Fsp3) is 0.111. The summed E-state index contributed by atoms with van der Waals surface area (Å²) in [5, 5.41) is 8.35. The lowest BCUT2D eigenvalue weighted by molar-refractivity contribution is -0.131. The number of H-pyrrole nitrogens is 1. The Labute approximate surface area is 80.0 Å². The van der Waals surface area contributed by atoms with Crippen molar-refractivity contribution in [3.63, 3.8) is 0 Å². The van der Waals surface area contributed by atoms with Crippen LogP contribution in [0.1, 0.15) is 16.1 Å². The van der Waals surface area contributed by atoms with E-state index in [9.17, 15) is 9.59 Å². The summed E-state index contributed by atoms with van der Waals surface area (Å²) in [6.07, 6.45) is 3.89. The molecular formula is C9H9NO4. The fourth-order valence-electron chi connectivity index (χ4n) is 0.903. The molecule has 1 rings (SSSR count). The van der Waals surface area contributed by atoms with Crippen molar-refractivity contribution in [3.8, 4) is 0 Å². The monoisotopic (exact) mass is 195 g/mol. The van der Waals surface area contributed by atoms with Crippen LogP contribution in [0.3, 0.4) is 0 Å². The van der Waals surface area contributed by atoms with Crippen LogP contribution in [0, 0.1) is 0 Å². The van der Waals surface area contributed by atoms with Crippen LogP contribution < -0.4 is 0 Å². The molecule has 2 N–H and O–H groups in total. The molecule has 0 aromatic carbocycles. The lowest BCUT2D eigenvalue weighted by Crippen LogP contribution is -2.00. The standard InChI is InChI=1S/C9H9NO4/c1-14-9(13)7-4-6(5-10-7)2-3-8(11)12/h2-5,10H,1H3,(H,11,12). The van der Waals surface area contributed by atoms with Crippen LogP contribution >= 0.6 is 0 Å². The molecule has 0 saturated heterocycles. The summed E-state index contributed by atoms with van der Waals surface area (Å²) in [6.45, 7) is 0. The van der Waals surface area contributed by atoms with Gasteiger partial charge in [0.1, 0.15) is 5.69 Å². The van der Waals surface area contributed by atoms with Crippen LogP contribution in [0.25, 0.3) is 6.08 Å². The van der Waals surface area contributed by atoms with Crippen molar-refractivity contribution < 1.29 is 19.4 Å². The first-order valence-electron chi connectivity index (χ1n) is 3.81. The zero-order chi connectivity index (χ0) is 10.6. The van der Waals surface area contributed by atoms with Gasteiger partial charge in [-0.25, -0.2) is 9.59 Å². The highest BCUT2D eigenvalue weighted by atomic mass is 16.5. The van der Waals surface area contributed by atoms with Gasteiger partial charge in [0, 0.05) is 12.3 Å². The largest absolute Gasteiger partial charge is 0.478 e. The number of carbonyl (C=O) groups is 2. The molecule has 5 nitrogen and oxygen atoms in total. The van der Waals surface area contributed by atoms with Crippen molar-refractivity contribution in [2.75, 3.05) is 7.11 Å². The van der Waals surface area contributed by atoms with Gasteiger partial charge in [-0.1, -0.05) is 0 Å². The van der Waals surface area contributed by atoms with E-state index in [4.69, 9.17) is 5.11 Å². The Morgan fingerprint density at radius 2 is 2.29 bits per heavy atom. The number of aromatic amines is 1. The molecule has 0 aliphatic heterocycles. The number of nitrogens with one attached hydrogen (secondary N) is 1. The Hall–Kier alpha value is -2.04. The van der Waals surface area contributed by atoms with Crippen molar-refractivity contribution in [3.05, 3.63) is 29.6 Å². The van der Waals surface area contributed by atoms with E-state index < -0.39 is 11.9 Å². The van der Waals surface area contributed by atoms with E-state index in [2.05, 4.69) is 9.72 Å². The molecule has 1 aromatic heterocycles. The summed E-state index contributed by atoms with van der Waals surface area (Å²) in [6, 6.07) is 1.51. The van der Waals surface area contributed by atoms with Crippen LogP contribution in [0.15, 0.2) is 18.3 Å². The molecule has 0 radical (unpaired) electrons. The summed E-state index contributed by atoms with van der Waals surface area (Å²) in [7, 11) is 1.27. The third-order valence-corrected chi connectivity index (χ3v) is 1.53. The molecule has 0 aliphatic carbocycles. The number of esters is 1. The minimum Gasteiger partial charge on any atom is -0.478 e. The first-order chi connectivity index (χ1) is 6.63. The maximum Gasteiger partial charge on any atom is 0.354 e. The van der Waals surface area contributed by atoms with E-state index >= 15 is 0 Å². The van der Waals surface area contributed by atoms with Crippen LogP contribution in [0.2, 0.25) is 0 Å². The topological polar surface area (TPSA) is 79.4 Å². The van der Waals surface area contributed by atoms with Gasteiger partial charge in [0.05, 0.1) is 7.11 Å². The number of aliphatic carboxylic acids is 1. The SMILES string of the molecule is COC(=O)c1cc(C=CC(=O)O)c[nH]1. The molecule has 0 amide bonds. The van der Waals surface area contributed by atoms with Crippen LogP contribution in [0.4, 0.5) is 0 Å². The number of rotatable bonds is 3. The molecule has 0 fully saturated rings. The van der Waals surface area contributed by atoms with Gasteiger partial charge in [0.15, 0.2) is 0 Å². The number of carboxylic acid groups (broad SMARTS) is 1. The molecule has 0 spiro atoms. The summed E-state index contributed by atoms with van der Waals surface area (Å²) >= 11 is 0. The van der Waals surface area contributed by atoms with E-state index in [0.717, 1.165) is 6.08 Å². The quantitative estimate of drug-likeness (QED) is 0.554. The highest BCUT2D eigenvalue weighted by molar-refractivity contribution is 5.89. The van der Waals surface area contributed by atoms with Gasteiger partial charge in [0.2, 0.25) is 0 Å². The molecule has 0 aliphatic rings. The van der Waals surface area contributed by atoms with E-state index in [-0.39, 0.29) is 5.69 Å². The second-order valence-electron chi connectivity index (χ2n) is 2.51. The van der Waals surface area contributed by atoms with Gasteiger partial charge in [-0.2, -0.15) is 0 Å². The maximum atomic E-state index is 11.0. The number of hydrogen-bond donors (Lipinski definition) is 2. The predicted molar refractivity (Wildman–Crippen MR) is 48.8 cm³/mol. The second-order valence-corrected chi connectivity index (χ2v) is 2.51. The van der Waals surface area contributed by atoms with Crippen molar-refractivity contribution in [2.24, 2.45) is 0 Å². The highest BCUT2D eigenvalue weighted by Crippen LogP contribution is 2.06. The van der Waals surface area contributed by atoms with Gasteiger partial charge in [-0.3, -0.25) is 0 Å². The van der Waals surface area contributed by atoms with Crippen molar-refractivity contribution >= 4 is 18.0 Å². The molecule has 74 valence electrons. The van der Waals surface area contributed by atoms with Gasteiger partial charge in [-0.05, 0) is 17.7 Å². The Morgan fingerprint density at radius 1 is 1.57 bits per heavy atom. The first kappa shape index (κ1) is 10.0. The average Bonchev–Trinajstić information content (AvgIpc) is 2.62. The lowest BCUT2D eigenvalue weighted by Gasteiger charge is -1.91. The Bertz CT molecular complexity index is 378. The normalized spacial score (nSPS) is 10.4. The summed E-state index contributed by atoms with van der Waals surface area (Å²) in [5.74, 6) is -1.52. The van der Waals surface area contributed by atoms with Gasteiger partial charge < -0.3 is 14.8 Å². The van der Waals surface area contributed by atoms with E-state index in [0.29, 0.717) is 5.56 Å². The molecule has 1 aromatic rings. The third kappa shape index (κ3) is 2.48. The Balaban J connectivity index is 2.78. The number of hydrogen-bond acceptors (Lipinski definition) is 3. The van der Waals surface area contributed by atoms with Gasteiger partial charge in [0.25, 0.3) is 0 Å². The molecule has 14 heavy (non-hydrogen) atoms. The molecule has 5 heteroatoms. The van der Waals surface area contributed by atoms with E-state index in [1.807, 2.05) is 0 Å². The van der Waals surface area contributed by atoms with Crippen LogP contribution in [-0.4, -0.2) is 29.1 Å². The smallest absolute Gasteiger partial charge is 0.354 e. The van der Waals surface area contributed by atoms with E-state index in [1.165, 1.54) is 25.4 Å². The first-order valence-corrected chi connectivity index (χ1v) is 3.81. The lowest BCUT2D eigenvalue weighted by atomic mass is 10.3. The minimum absolute atomic E-state index is 0.289. The molecule has 0 bridgehead atoms. The summed E-state index contributed by atoms with van der Waals surface area (Å²) < 4.78 is 4.46. The van der Waals surface area contributed by atoms with Crippen molar-refractivity contribution in [2.45, 2.75) is 0 Å². The van der Waals surface area contributed by atoms with Crippen molar-refractivity contribution in [1.29, 1.82) is 0 Å². The maximum absolute atomic E-state index is 11.0. The summed E-state index contributed by atoms with van der Waals surface area (Å²) in [4.78, 5) is 23.8. The summed E-state index contributed by atoms with van der Waals surface area (Å²) in [5.41, 5.74) is 0.894. The predicted octanol–water partition coefficient (Wildman–Crippen LogP) is 0.899. The zero-order valence-electron chi connectivity index (χ0n) is 7.48. The van der Waals surface area contributed by atoms with Gasteiger partial charge in [-0.15, -0.1) is 0 Å². The Morgan fingerprint density at radius 3 is 2.86 bits per heavy atom. The number of carboxylic acids is 1. The number of aromatic nitrogens is 1. The molecule has 0 unspecified atom stereocenters. The highest BCUT2D eigenvalue weighted by Gasteiger charge is 2.06. The number of ether oxygens (including phenoxy) is 1. The average molecular weight is 195 g/mol. The zero-order valence-corrected chi connectivity index (χ0v) is 7.48. The Kier molecular flexibility index (Phi) is 3.06. The van der Waals surface area contributed by atoms with Crippen molar-refractivity contribution in [1.82, 2.24) is 4.98 Å². The molecule has 1 heterocycles. The molecular weight excluding hydrogens is 186 g/mol. The van der Waals surface area contributed by atoms with Gasteiger partial charge >= 0.3 is 11.9 Å². The number of carbonyl (C=O) groups excluding carboxylic acids is 1. The van der Waals surface area contributed by atoms with Crippen LogP contribution in [0.5, 0.6) is 0 Å². The van der Waals surface area contributed by atoms with E-state index in [1.54, 1.807) is 0 Å². The molecule has 0 atom stereocenters. The number of methoxy groups -OCH3 is 1. The minimum atomic E-state index is -1.04. The fourth-order valence-corrected chi connectivity index (χ4v) is 0.903.